The fourth-order valence-electron chi connectivity index (χ4n) is 1.50. The van der Waals surface area contributed by atoms with E-state index in [1.807, 2.05) is 30.2 Å². The molecule has 0 bridgehead atoms. The van der Waals surface area contributed by atoms with Gasteiger partial charge in [-0.2, -0.15) is 5.10 Å². The summed E-state index contributed by atoms with van der Waals surface area (Å²) in [5.74, 6) is 0.860. The molecule has 0 atom stereocenters. The van der Waals surface area contributed by atoms with Crippen LogP contribution < -0.4 is 0 Å². The number of aromatic nitrogens is 4. The van der Waals surface area contributed by atoms with Crippen LogP contribution >= 0.6 is 0 Å². The minimum Gasteiger partial charge on any atom is -0.268 e. The first kappa shape index (κ1) is 10.8. The van der Waals surface area contributed by atoms with Crippen molar-refractivity contribution in [2.45, 2.75) is 26.2 Å². The molecule has 0 radical (unpaired) electrons. The normalized spacial score (nSPS) is 11.8. The second-order valence-electron chi connectivity index (χ2n) is 4.89. The highest BCUT2D eigenvalue weighted by Crippen LogP contribution is 2.20. The second-order valence-corrected chi connectivity index (χ2v) is 4.89. The van der Waals surface area contributed by atoms with Crippen molar-refractivity contribution in [2.75, 3.05) is 0 Å². The van der Waals surface area contributed by atoms with Crippen molar-refractivity contribution >= 4 is 0 Å². The van der Waals surface area contributed by atoms with Crippen molar-refractivity contribution in [1.82, 2.24) is 19.7 Å². The average Bonchev–Trinajstić information content (AvgIpc) is 2.63. The standard InChI is InChI=1S/C12H16N4/c1-12(2,3)11-13-7-9(8-14-11)10-5-6-15-16(10)4/h5-8H,1-4H3. The van der Waals surface area contributed by atoms with E-state index in [1.54, 1.807) is 6.20 Å². The molecule has 0 spiro atoms. The molecule has 84 valence electrons. The molecule has 0 fully saturated rings. The molecule has 2 aromatic heterocycles. The zero-order valence-electron chi connectivity index (χ0n) is 10.1. The predicted molar refractivity (Wildman–Crippen MR) is 62.9 cm³/mol. The van der Waals surface area contributed by atoms with Gasteiger partial charge in [0.15, 0.2) is 0 Å². The number of hydrogen-bond donors (Lipinski definition) is 0. The summed E-state index contributed by atoms with van der Waals surface area (Å²) in [6.07, 6.45) is 5.47. The van der Waals surface area contributed by atoms with Gasteiger partial charge in [-0.1, -0.05) is 20.8 Å². The van der Waals surface area contributed by atoms with Crippen molar-refractivity contribution in [3.63, 3.8) is 0 Å². The van der Waals surface area contributed by atoms with E-state index in [1.165, 1.54) is 0 Å². The first-order chi connectivity index (χ1) is 7.48. The summed E-state index contributed by atoms with van der Waals surface area (Å²) in [4.78, 5) is 8.79. The highest BCUT2D eigenvalue weighted by molar-refractivity contribution is 5.56. The topological polar surface area (TPSA) is 43.6 Å². The van der Waals surface area contributed by atoms with Crippen LogP contribution in [0, 0.1) is 0 Å². The first-order valence-corrected chi connectivity index (χ1v) is 5.29. The Hall–Kier alpha value is -1.71. The molecule has 16 heavy (non-hydrogen) atoms. The summed E-state index contributed by atoms with van der Waals surface area (Å²) in [6, 6.07) is 1.95. The monoisotopic (exact) mass is 216 g/mol. The van der Waals surface area contributed by atoms with Gasteiger partial charge in [0.2, 0.25) is 0 Å². The minimum absolute atomic E-state index is 0.00894. The van der Waals surface area contributed by atoms with Gasteiger partial charge in [0, 0.05) is 36.6 Å². The summed E-state index contributed by atoms with van der Waals surface area (Å²) in [5, 5.41) is 4.13. The molecular weight excluding hydrogens is 200 g/mol. The van der Waals surface area contributed by atoms with Gasteiger partial charge in [-0.25, -0.2) is 9.97 Å². The molecule has 4 nitrogen and oxygen atoms in total. The maximum absolute atomic E-state index is 4.39. The van der Waals surface area contributed by atoms with E-state index in [-0.39, 0.29) is 5.41 Å². The van der Waals surface area contributed by atoms with Crippen LogP contribution in [0.3, 0.4) is 0 Å². The molecule has 0 aromatic carbocycles. The highest BCUT2D eigenvalue weighted by atomic mass is 15.3. The van der Waals surface area contributed by atoms with Gasteiger partial charge >= 0.3 is 0 Å². The predicted octanol–water partition coefficient (Wildman–Crippen LogP) is 2.17. The van der Waals surface area contributed by atoms with Crippen LogP contribution in [0.25, 0.3) is 11.3 Å². The lowest BCUT2D eigenvalue weighted by Crippen LogP contribution is -2.15. The third-order valence-corrected chi connectivity index (χ3v) is 2.44. The van der Waals surface area contributed by atoms with Crippen molar-refractivity contribution in [2.24, 2.45) is 7.05 Å². The van der Waals surface area contributed by atoms with Crippen molar-refractivity contribution < 1.29 is 0 Å². The van der Waals surface area contributed by atoms with Gasteiger partial charge in [0.25, 0.3) is 0 Å². The molecular formula is C12H16N4. The van der Waals surface area contributed by atoms with Gasteiger partial charge in [0.05, 0.1) is 5.69 Å². The SMILES string of the molecule is Cn1nccc1-c1cnc(C(C)(C)C)nc1. The summed E-state index contributed by atoms with van der Waals surface area (Å²) in [6.45, 7) is 6.31. The zero-order valence-corrected chi connectivity index (χ0v) is 10.1. The van der Waals surface area contributed by atoms with Crippen LogP contribution in [-0.2, 0) is 12.5 Å². The molecule has 0 N–H and O–H groups in total. The van der Waals surface area contributed by atoms with Crippen LogP contribution in [0.4, 0.5) is 0 Å². The van der Waals surface area contributed by atoms with E-state index in [4.69, 9.17) is 0 Å². The summed E-state index contributed by atoms with van der Waals surface area (Å²) < 4.78 is 1.81. The highest BCUT2D eigenvalue weighted by Gasteiger charge is 2.17. The Bertz CT molecular complexity index is 476. The lowest BCUT2D eigenvalue weighted by Gasteiger charge is -2.16. The molecule has 0 unspecified atom stereocenters. The van der Waals surface area contributed by atoms with E-state index in [0.29, 0.717) is 0 Å². The maximum atomic E-state index is 4.39. The minimum atomic E-state index is -0.00894. The van der Waals surface area contributed by atoms with Crippen LogP contribution in [0.5, 0.6) is 0 Å². The van der Waals surface area contributed by atoms with Crippen LogP contribution in [0.15, 0.2) is 24.7 Å². The van der Waals surface area contributed by atoms with Gasteiger partial charge < -0.3 is 0 Å². The third kappa shape index (κ3) is 1.96. The second kappa shape index (κ2) is 3.70. The number of rotatable bonds is 1. The van der Waals surface area contributed by atoms with Crippen molar-refractivity contribution in [1.29, 1.82) is 0 Å². The van der Waals surface area contributed by atoms with Crippen LogP contribution in [0.1, 0.15) is 26.6 Å². The van der Waals surface area contributed by atoms with Gasteiger partial charge in [0.1, 0.15) is 5.82 Å². The molecule has 2 aromatic rings. The Morgan fingerprint density at radius 2 is 1.75 bits per heavy atom. The Labute approximate surface area is 95.4 Å². The third-order valence-electron chi connectivity index (χ3n) is 2.44. The smallest absolute Gasteiger partial charge is 0.133 e. The fraction of sp³-hybridized carbons (Fsp3) is 0.417. The van der Waals surface area contributed by atoms with Crippen molar-refractivity contribution in [3.8, 4) is 11.3 Å². The lowest BCUT2D eigenvalue weighted by molar-refractivity contribution is 0.545. The Morgan fingerprint density at radius 1 is 1.12 bits per heavy atom. The summed E-state index contributed by atoms with van der Waals surface area (Å²) in [5.41, 5.74) is 2.01. The number of aryl methyl sites for hydroxylation is 1. The van der Waals surface area contributed by atoms with E-state index in [2.05, 4.69) is 35.8 Å². The summed E-state index contributed by atoms with van der Waals surface area (Å²) in [7, 11) is 1.91. The maximum Gasteiger partial charge on any atom is 0.133 e. The molecule has 0 amide bonds. The molecule has 0 aliphatic carbocycles. The Morgan fingerprint density at radius 3 is 2.19 bits per heavy atom. The van der Waals surface area contributed by atoms with Crippen LogP contribution in [-0.4, -0.2) is 19.7 Å². The number of nitrogens with zero attached hydrogens (tertiary/aromatic N) is 4. The lowest BCUT2D eigenvalue weighted by atomic mass is 9.96. The van der Waals surface area contributed by atoms with E-state index in [9.17, 15) is 0 Å². The molecule has 4 heteroatoms. The largest absolute Gasteiger partial charge is 0.268 e. The Balaban J connectivity index is 2.37. The van der Waals surface area contributed by atoms with Gasteiger partial charge in [-0.05, 0) is 6.07 Å². The molecule has 0 saturated carbocycles. The Kier molecular flexibility index (Phi) is 2.50. The van der Waals surface area contributed by atoms with Gasteiger partial charge in [-0.15, -0.1) is 0 Å². The zero-order chi connectivity index (χ0) is 11.8. The van der Waals surface area contributed by atoms with E-state index < -0.39 is 0 Å². The average molecular weight is 216 g/mol. The summed E-state index contributed by atoms with van der Waals surface area (Å²) >= 11 is 0. The quantitative estimate of drug-likeness (QED) is 0.733. The molecule has 2 heterocycles. The molecule has 0 saturated heterocycles. The molecule has 0 aliphatic heterocycles. The fourth-order valence-corrected chi connectivity index (χ4v) is 1.50. The molecule has 2 rings (SSSR count). The molecule has 0 aliphatic rings. The first-order valence-electron chi connectivity index (χ1n) is 5.29. The number of hydrogen-bond acceptors (Lipinski definition) is 3. The van der Waals surface area contributed by atoms with Gasteiger partial charge in [-0.3, -0.25) is 4.68 Å². The van der Waals surface area contributed by atoms with Crippen molar-refractivity contribution in [3.05, 3.63) is 30.5 Å². The van der Waals surface area contributed by atoms with E-state index in [0.717, 1.165) is 17.1 Å². The van der Waals surface area contributed by atoms with E-state index >= 15 is 0 Å². The van der Waals surface area contributed by atoms with Crippen LogP contribution in [0.2, 0.25) is 0 Å².